The number of sulfone groups is 1. The Morgan fingerprint density at radius 3 is 2.33 bits per heavy atom. The molecule has 2 aromatic rings. The number of aryl methyl sites for hydroxylation is 1. The van der Waals surface area contributed by atoms with Crippen molar-refractivity contribution in [3.05, 3.63) is 65.7 Å². The van der Waals surface area contributed by atoms with Crippen molar-refractivity contribution in [3.8, 4) is 5.40 Å². The summed E-state index contributed by atoms with van der Waals surface area (Å²) in [5.74, 6) is -0.0832. The zero-order valence-corrected chi connectivity index (χ0v) is 13.2. The van der Waals surface area contributed by atoms with Gasteiger partial charge in [-0.05, 0) is 35.9 Å². The van der Waals surface area contributed by atoms with Crippen LogP contribution in [-0.4, -0.2) is 14.2 Å². The number of benzene rings is 2. The fourth-order valence-electron chi connectivity index (χ4n) is 2.12. The topological polar surface area (TPSA) is 57.9 Å². The normalized spacial score (nSPS) is 12.6. The maximum absolute atomic E-state index is 12.6. The van der Waals surface area contributed by atoms with Gasteiger partial charge in [0.05, 0.1) is 15.9 Å². The van der Waals surface area contributed by atoms with Gasteiger partial charge in [-0.3, -0.25) is 0 Å². The summed E-state index contributed by atoms with van der Waals surface area (Å²) in [7, 11) is -3.43. The van der Waals surface area contributed by atoms with Crippen LogP contribution in [0.2, 0.25) is 0 Å². The molecular formula is C16H15NO2S2. The van der Waals surface area contributed by atoms with Gasteiger partial charge in [0.1, 0.15) is 5.40 Å². The van der Waals surface area contributed by atoms with Crippen molar-refractivity contribution in [2.75, 3.05) is 5.75 Å². The number of thioether (sulfide) groups is 1. The molecule has 0 aliphatic carbocycles. The van der Waals surface area contributed by atoms with Gasteiger partial charge in [0, 0.05) is 0 Å². The Bertz CT molecular complexity index is 749. The molecule has 0 saturated carbocycles. The second kappa shape index (κ2) is 6.79. The van der Waals surface area contributed by atoms with Crippen LogP contribution in [0.5, 0.6) is 0 Å². The van der Waals surface area contributed by atoms with Crippen LogP contribution in [0, 0.1) is 17.6 Å². The lowest BCUT2D eigenvalue weighted by Gasteiger charge is -2.14. The first-order chi connectivity index (χ1) is 10.0. The van der Waals surface area contributed by atoms with E-state index >= 15 is 0 Å². The third-order valence-corrected chi connectivity index (χ3v) is 6.11. The minimum Gasteiger partial charge on any atom is -0.224 e. The number of thiocyanates is 1. The average Bonchev–Trinajstić information content (AvgIpc) is 2.48. The van der Waals surface area contributed by atoms with E-state index in [2.05, 4.69) is 0 Å². The summed E-state index contributed by atoms with van der Waals surface area (Å²) < 4.78 is 25.2. The molecule has 0 N–H and O–H groups in total. The number of nitriles is 1. The Kier molecular flexibility index (Phi) is 5.05. The molecule has 3 nitrogen and oxygen atoms in total. The minimum absolute atomic E-state index is 0.0832. The summed E-state index contributed by atoms with van der Waals surface area (Å²) in [6.45, 7) is 1.78. The van der Waals surface area contributed by atoms with E-state index in [0.717, 1.165) is 22.9 Å². The molecule has 0 amide bonds. The monoisotopic (exact) mass is 317 g/mol. The maximum atomic E-state index is 12.6. The van der Waals surface area contributed by atoms with Crippen LogP contribution in [0.15, 0.2) is 59.5 Å². The summed E-state index contributed by atoms with van der Waals surface area (Å²) in [5.41, 5.74) is 1.58. The second-order valence-corrected chi connectivity index (χ2v) is 7.65. The molecule has 2 aromatic carbocycles. The van der Waals surface area contributed by atoms with Gasteiger partial charge in [0.15, 0.2) is 9.84 Å². The molecule has 0 heterocycles. The average molecular weight is 317 g/mol. The van der Waals surface area contributed by atoms with Gasteiger partial charge < -0.3 is 0 Å². The first kappa shape index (κ1) is 15.6. The second-order valence-electron chi connectivity index (χ2n) is 4.66. The van der Waals surface area contributed by atoms with Gasteiger partial charge in [-0.15, -0.1) is 0 Å². The molecule has 0 radical (unpaired) electrons. The standard InChI is InChI=1S/C16H15NO2S2/c1-13-7-5-6-10-16(13)21(18,19)11-15(20-12-17)14-8-3-2-4-9-14/h2-10,15H,11H2,1H3/t15-/m1/s1. The SMILES string of the molecule is Cc1ccccc1S(=O)(=O)C[C@@H](SC#N)c1ccccc1. The van der Waals surface area contributed by atoms with Gasteiger partial charge in [-0.2, -0.15) is 5.26 Å². The van der Waals surface area contributed by atoms with Gasteiger partial charge >= 0.3 is 0 Å². The van der Waals surface area contributed by atoms with Crippen LogP contribution in [0.4, 0.5) is 0 Å². The molecular weight excluding hydrogens is 302 g/mol. The third kappa shape index (κ3) is 3.87. The van der Waals surface area contributed by atoms with Crippen LogP contribution in [-0.2, 0) is 9.84 Å². The van der Waals surface area contributed by atoms with E-state index in [9.17, 15) is 8.42 Å². The summed E-state index contributed by atoms with van der Waals surface area (Å²) in [5, 5.41) is 10.6. The van der Waals surface area contributed by atoms with E-state index in [1.54, 1.807) is 25.1 Å². The summed E-state index contributed by atoms with van der Waals surface area (Å²) in [6, 6.07) is 16.2. The Balaban J connectivity index is 2.33. The lowest BCUT2D eigenvalue weighted by Crippen LogP contribution is -2.14. The Labute approximate surface area is 129 Å². The van der Waals surface area contributed by atoms with Crippen LogP contribution in [0.25, 0.3) is 0 Å². The highest BCUT2D eigenvalue weighted by atomic mass is 32.2. The van der Waals surface area contributed by atoms with Crippen molar-refractivity contribution in [1.29, 1.82) is 5.26 Å². The number of rotatable bonds is 5. The molecule has 0 unspecified atom stereocenters. The zero-order valence-electron chi connectivity index (χ0n) is 11.6. The van der Waals surface area contributed by atoms with Crippen molar-refractivity contribution in [2.24, 2.45) is 0 Å². The van der Waals surface area contributed by atoms with E-state index in [-0.39, 0.29) is 11.0 Å². The van der Waals surface area contributed by atoms with E-state index in [4.69, 9.17) is 5.26 Å². The fraction of sp³-hybridized carbons (Fsp3) is 0.188. The molecule has 0 aromatic heterocycles. The van der Waals surface area contributed by atoms with E-state index < -0.39 is 9.84 Å². The van der Waals surface area contributed by atoms with Crippen molar-refractivity contribution in [2.45, 2.75) is 17.1 Å². The van der Waals surface area contributed by atoms with E-state index in [0.29, 0.717) is 4.90 Å². The smallest absolute Gasteiger partial charge is 0.180 e. The van der Waals surface area contributed by atoms with Crippen LogP contribution in [0.3, 0.4) is 0 Å². The molecule has 1 atom stereocenters. The first-order valence-corrected chi connectivity index (χ1v) is 8.96. The largest absolute Gasteiger partial charge is 0.224 e. The molecule has 0 spiro atoms. The molecule has 108 valence electrons. The Hall–Kier alpha value is -1.77. The molecule has 0 saturated heterocycles. The maximum Gasteiger partial charge on any atom is 0.180 e. The van der Waals surface area contributed by atoms with Gasteiger partial charge in [0.2, 0.25) is 0 Å². The predicted octanol–water partition coefficient (Wildman–Crippen LogP) is 3.72. The lowest BCUT2D eigenvalue weighted by atomic mass is 10.2. The molecule has 0 fully saturated rings. The highest BCUT2D eigenvalue weighted by Crippen LogP contribution is 2.31. The fourth-order valence-corrected chi connectivity index (χ4v) is 4.97. The molecule has 0 aliphatic rings. The molecule has 21 heavy (non-hydrogen) atoms. The summed E-state index contributed by atoms with van der Waals surface area (Å²) in [4.78, 5) is 0.337. The molecule has 5 heteroatoms. The number of nitrogens with zero attached hydrogens (tertiary/aromatic N) is 1. The van der Waals surface area contributed by atoms with Gasteiger partial charge in [-0.25, -0.2) is 8.42 Å². The Morgan fingerprint density at radius 1 is 1.10 bits per heavy atom. The summed E-state index contributed by atoms with van der Waals surface area (Å²) in [6.07, 6.45) is 0. The lowest BCUT2D eigenvalue weighted by molar-refractivity contribution is 0.594. The third-order valence-electron chi connectivity index (χ3n) is 3.17. The highest BCUT2D eigenvalue weighted by Gasteiger charge is 2.24. The predicted molar refractivity (Wildman–Crippen MR) is 85.6 cm³/mol. The van der Waals surface area contributed by atoms with Crippen molar-refractivity contribution in [1.82, 2.24) is 0 Å². The van der Waals surface area contributed by atoms with E-state index in [1.807, 2.05) is 41.8 Å². The van der Waals surface area contributed by atoms with E-state index in [1.165, 1.54) is 0 Å². The van der Waals surface area contributed by atoms with Crippen molar-refractivity contribution >= 4 is 21.6 Å². The zero-order chi connectivity index (χ0) is 15.3. The highest BCUT2D eigenvalue weighted by molar-refractivity contribution is 8.04. The van der Waals surface area contributed by atoms with Crippen LogP contribution < -0.4 is 0 Å². The first-order valence-electron chi connectivity index (χ1n) is 6.42. The van der Waals surface area contributed by atoms with Gasteiger partial charge in [-0.1, -0.05) is 48.5 Å². The van der Waals surface area contributed by atoms with Crippen LogP contribution >= 0.6 is 11.8 Å². The quantitative estimate of drug-likeness (QED) is 0.789. The van der Waals surface area contributed by atoms with Crippen molar-refractivity contribution in [3.63, 3.8) is 0 Å². The van der Waals surface area contributed by atoms with Gasteiger partial charge in [0.25, 0.3) is 0 Å². The molecule has 0 bridgehead atoms. The number of hydrogen-bond acceptors (Lipinski definition) is 4. The Morgan fingerprint density at radius 2 is 1.71 bits per heavy atom. The molecule has 0 aliphatic heterocycles. The minimum atomic E-state index is -3.43. The summed E-state index contributed by atoms with van der Waals surface area (Å²) >= 11 is 0.983. The molecule has 2 rings (SSSR count). The number of hydrogen-bond donors (Lipinski definition) is 0. The van der Waals surface area contributed by atoms with Crippen LogP contribution in [0.1, 0.15) is 16.4 Å². The van der Waals surface area contributed by atoms with Crippen molar-refractivity contribution < 1.29 is 8.42 Å².